The first kappa shape index (κ1) is 9.40. The molecule has 0 aliphatic carbocycles. The molecule has 4 heteroatoms. The summed E-state index contributed by atoms with van der Waals surface area (Å²) in [5.74, 6) is 0. The van der Waals surface area contributed by atoms with Crippen molar-refractivity contribution in [2.75, 3.05) is 26.4 Å². The maximum atomic E-state index is 5.46. The predicted molar refractivity (Wildman–Crippen MR) is 44.9 cm³/mol. The normalized spacial score (nSPS) is 31.8. The Hall–Kier alpha value is -0.160. The molecule has 76 valence electrons. The average molecular weight is 188 g/mol. The minimum Gasteiger partial charge on any atom is -0.303 e. The lowest BCUT2D eigenvalue weighted by atomic mass is 9.96. The quantitative estimate of drug-likeness (QED) is 0.570. The third kappa shape index (κ3) is 2.02. The fourth-order valence-corrected chi connectivity index (χ4v) is 1.31. The largest absolute Gasteiger partial charge is 0.412 e. The van der Waals surface area contributed by atoms with E-state index in [1.807, 2.05) is 0 Å². The Morgan fingerprint density at radius 2 is 1.38 bits per heavy atom. The molecule has 2 aliphatic rings. The van der Waals surface area contributed by atoms with Crippen molar-refractivity contribution in [3.05, 3.63) is 0 Å². The van der Waals surface area contributed by atoms with Gasteiger partial charge in [-0.05, 0) is 6.42 Å². The van der Waals surface area contributed by atoms with Gasteiger partial charge in [-0.15, -0.1) is 0 Å². The first-order valence-electron chi connectivity index (χ1n) is 4.68. The third-order valence-electron chi connectivity index (χ3n) is 2.13. The summed E-state index contributed by atoms with van der Waals surface area (Å²) < 4.78 is 21.6. The van der Waals surface area contributed by atoms with Gasteiger partial charge in [-0.3, -0.25) is 0 Å². The van der Waals surface area contributed by atoms with E-state index in [4.69, 9.17) is 18.9 Å². The molecule has 2 saturated heterocycles. The summed E-state index contributed by atoms with van der Waals surface area (Å²) in [6.45, 7) is 6.66. The maximum Gasteiger partial charge on any atom is 0.412 e. The van der Waals surface area contributed by atoms with E-state index in [0.717, 1.165) is 6.42 Å². The highest BCUT2D eigenvalue weighted by Crippen LogP contribution is 2.32. The van der Waals surface area contributed by atoms with Gasteiger partial charge in [0, 0.05) is 5.41 Å². The standard InChI is InChI=1S/C9H16O4/c1-8(2)6-12-9(13-7-8)10-4-3-5-11-9/h3-7H2,1-2H3. The molecule has 13 heavy (non-hydrogen) atoms. The highest BCUT2D eigenvalue weighted by Gasteiger charge is 2.44. The van der Waals surface area contributed by atoms with Crippen LogP contribution in [0.4, 0.5) is 0 Å². The van der Waals surface area contributed by atoms with Gasteiger partial charge in [-0.2, -0.15) is 0 Å². The molecule has 0 amide bonds. The molecular formula is C9H16O4. The van der Waals surface area contributed by atoms with E-state index in [-0.39, 0.29) is 5.41 Å². The van der Waals surface area contributed by atoms with E-state index in [9.17, 15) is 0 Å². The van der Waals surface area contributed by atoms with Crippen LogP contribution in [0.2, 0.25) is 0 Å². The predicted octanol–water partition coefficient (Wildman–Crippen LogP) is 1.11. The summed E-state index contributed by atoms with van der Waals surface area (Å²) in [5.41, 5.74) is 0.0510. The van der Waals surface area contributed by atoms with Crippen LogP contribution in [0.3, 0.4) is 0 Å². The summed E-state index contributed by atoms with van der Waals surface area (Å²) in [6.07, 6.45) is -0.286. The van der Waals surface area contributed by atoms with Crippen LogP contribution in [0.25, 0.3) is 0 Å². The molecule has 2 aliphatic heterocycles. The summed E-state index contributed by atoms with van der Waals surface area (Å²) in [4.78, 5) is 0. The molecule has 2 rings (SSSR count). The minimum atomic E-state index is -1.19. The Kier molecular flexibility index (Phi) is 2.32. The van der Waals surface area contributed by atoms with E-state index in [2.05, 4.69) is 13.8 Å². The smallest absolute Gasteiger partial charge is 0.303 e. The van der Waals surface area contributed by atoms with E-state index in [1.165, 1.54) is 0 Å². The Morgan fingerprint density at radius 1 is 0.846 bits per heavy atom. The molecule has 0 unspecified atom stereocenters. The van der Waals surface area contributed by atoms with Crippen molar-refractivity contribution in [3.8, 4) is 0 Å². The van der Waals surface area contributed by atoms with Crippen molar-refractivity contribution < 1.29 is 18.9 Å². The van der Waals surface area contributed by atoms with E-state index in [0.29, 0.717) is 26.4 Å². The van der Waals surface area contributed by atoms with Gasteiger partial charge in [-0.1, -0.05) is 13.8 Å². The van der Waals surface area contributed by atoms with Crippen LogP contribution in [-0.2, 0) is 18.9 Å². The zero-order valence-corrected chi connectivity index (χ0v) is 8.17. The van der Waals surface area contributed by atoms with Crippen LogP contribution in [0.15, 0.2) is 0 Å². The van der Waals surface area contributed by atoms with Gasteiger partial charge in [0.05, 0.1) is 26.4 Å². The molecule has 2 fully saturated rings. The molecule has 0 bridgehead atoms. The molecule has 0 aromatic rings. The van der Waals surface area contributed by atoms with Gasteiger partial charge in [0.25, 0.3) is 0 Å². The van der Waals surface area contributed by atoms with Crippen molar-refractivity contribution in [2.45, 2.75) is 26.4 Å². The van der Waals surface area contributed by atoms with Crippen LogP contribution in [-0.4, -0.2) is 32.6 Å². The lowest BCUT2D eigenvalue weighted by molar-refractivity contribution is -0.534. The second kappa shape index (κ2) is 3.20. The van der Waals surface area contributed by atoms with Crippen LogP contribution in [0, 0.1) is 5.41 Å². The summed E-state index contributed by atoms with van der Waals surface area (Å²) in [5, 5.41) is 0. The second-order valence-corrected chi connectivity index (χ2v) is 4.29. The van der Waals surface area contributed by atoms with Crippen molar-refractivity contribution in [1.29, 1.82) is 0 Å². The minimum absolute atomic E-state index is 0.0510. The SMILES string of the molecule is CC1(C)COC2(OCCCO2)OC1. The van der Waals surface area contributed by atoms with Crippen LogP contribution in [0.1, 0.15) is 20.3 Å². The molecule has 4 nitrogen and oxygen atoms in total. The maximum absolute atomic E-state index is 5.46. The third-order valence-corrected chi connectivity index (χ3v) is 2.13. The molecule has 0 aromatic heterocycles. The number of rotatable bonds is 0. The van der Waals surface area contributed by atoms with Crippen LogP contribution < -0.4 is 0 Å². The molecule has 1 spiro atoms. The summed E-state index contributed by atoms with van der Waals surface area (Å²) in [7, 11) is 0. The number of ether oxygens (including phenoxy) is 4. The summed E-state index contributed by atoms with van der Waals surface area (Å²) in [6, 6.07) is 0. The zero-order chi connectivity index (χ0) is 9.36. The van der Waals surface area contributed by atoms with Crippen LogP contribution in [0.5, 0.6) is 0 Å². The lowest BCUT2D eigenvalue weighted by Gasteiger charge is -2.42. The van der Waals surface area contributed by atoms with Gasteiger partial charge in [0.15, 0.2) is 0 Å². The van der Waals surface area contributed by atoms with Gasteiger partial charge in [0.1, 0.15) is 0 Å². The van der Waals surface area contributed by atoms with Crippen molar-refractivity contribution in [2.24, 2.45) is 5.41 Å². The van der Waals surface area contributed by atoms with Crippen molar-refractivity contribution >= 4 is 0 Å². The number of hydrogen-bond acceptors (Lipinski definition) is 4. The average Bonchev–Trinajstić information content (AvgIpc) is 2.13. The van der Waals surface area contributed by atoms with E-state index < -0.39 is 6.16 Å². The van der Waals surface area contributed by atoms with Gasteiger partial charge < -0.3 is 18.9 Å². The fraction of sp³-hybridized carbons (Fsp3) is 1.00. The van der Waals surface area contributed by atoms with Gasteiger partial charge >= 0.3 is 6.16 Å². The lowest BCUT2D eigenvalue weighted by Crippen LogP contribution is -2.53. The molecule has 0 atom stereocenters. The molecule has 0 radical (unpaired) electrons. The monoisotopic (exact) mass is 188 g/mol. The van der Waals surface area contributed by atoms with Crippen LogP contribution >= 0.6 is 0 Å². The topological polar surface area (TPSA) is 36.9 Å². The van der Waals surface area contributed by atoms with E-state index in [1.54, 1.807) is 0 Å². The molecule has 0 saturated carbocycles. The Morgan fingerprint density at radius 3 is 1.92 bits per heavy atom. The molecule has 0 aromatic carbocycles. The van der Waals surface area contributed by atoms with Crippen molar-refractivity contribution in [3.63, 3.8) is 0 Å². The van der Waals surface area contributed by atoms with E-state index >= 15 is 0 Å². The van der Waals surface area contributed by atoms with Crippen molar-refractivity contribution in [1.82, 2.24) is 0 Å². The first-order valence-corrected chi connectivity index (χ1v) is 4.68. The highest BCUT2D eigenvalue weighted by atomic mass is 17.0. The molecule has 0 N–H and O–H groups in total. The summed E-state index contributed by atoms with van der Waals surface area (Å²) >= 11 is 0. The Labute approximate surface area is 78.1 Å². The number of hydrogen-bond donors (Lipinski definition) is 0. The fourth-order valence-electron chi connectivity index (χ4n) is 1.31. The van der Waals surface area contributed by atoms with Gasteiger partial charge in [0.2, 0.25) is 0 Å². The van der Waals surface area contributed by atoms with Gasteiger partial charge in [-0.25, -0.2) is 0 Å². The molecular weight excluding hydrogens is 172 g/mol. The Balaban J connectivity index is 1.95. The molecule has 2 heterocycles. The second-order valence-electron chi connectivity index (χ2n) is 4.29. The Bertz CT molecular complexity index is 172. The first-order chi connectivity index (χ1) is 6.12. The highest BCUT2D eigenvalue weighted by molar-refractivity contribution is 4.72. The zero-order valence-electron chi connectivity index (χ0n) is 8.17.